The number of nitrogens with zero attached hydrogens (tertiary/aromatic N) is 4. The van der Waals surface area contributed by atoms with E-state index in [-0.39, 0.29) is 24.0 Å². The van der Waals surface area contributed by atoms with Crippen molar-refractivity contribution in [2.75, 3.05) is 33.4 Å². The molecule has 3 rings (SSSR count). The molecule has 1 fully saturated rings. The number of nitrogens with one attached hydrogen (secondary N) is 1. The first-order valence-electron chi connectivity index (χ1n) is 9.35. The Kier molecular flexibility index (Phi) is 9.06. The second-order valence-corrected chi connectivity index (χ2v) is 6.84. The molecule has 1 aliphatic rings. The number of imidazole rings is 1. The molecule has 2 aromatic rings. The number of ether oxygens (including phenoxy) is 1. The Morgan fingerprint density at radius 1 is 1.41 bits per heavy atom. The third-order valence-corrected chi connectivity index (χ3v) is 4.58. The zero-order chi connectivity index (χ0) is 18.2. The number of aromatic nitrogens is 2. The smallest absolute Gasteiger partial charge is 0.193 e. The van der Waals surface area contributed by atoms with Gasteiger partial charge in [-0.2, -0.15) is 0 Å². The summed E-state index contributed by atoms with van der Waals surface area (Å²) in [6.45, 7) is 7.20. The van der Waals surface area contributed by atoms with Gasteiger partial charge in [0.1, 0.15) is 0 Å². The normalized spacial score (nSPS) is 16.8. The van der Waals surface area contributed by atoms with Crippen LogP contribution < -0.4 is 5.32 Å². The van der Waals surface area contributed by atoms with Gasteiger partial charge in [0.2, 0.25) is 0 Å². The molecule has 0 spiro atoms. The predicted octanol–water partition coefficient (Wildman–Crippen LogP) is 2.98. The molecule has 1 aromatic heterocycles. The van der Waals surface area contributed by atoms with Crippen LogP contribution >= 0.6 is 24.0 Å². The molecule has 0 aliphatic carbocycles. The summed E-state index contributed by atoms with van der Waals surface area (Å²) in [7, 11) is 2.11. The quantitative estimate of drug-likeness (QED) is 0.374. The van der Waals surface area contributed by atoms with Gasteiger partial charge >= 0.3 is 0 Å². The van der Waals surface area contributed by atoms with Crippen molar-refractivity contribution in [3.05, 3.63) is 54.1 Å². The van der Waals surface area contributed by atoms with Crippen molar-refractivity contribution >= 4 is 29.9 Å². The summed E-state index contributed by atoms with van der Waals surface area (Å²) in [5.74, 6) is 1.56. The molecule has 0 radical (unpaired) electrons. The van der Waals surface area contributed by atoms with Crippen LogP contribution in [0.3, 0.4) is 0 Å². The molecule has 0 saturated carbocycles. The van der Waals surface area contributed by atoms with Crippen molar-refractivity contribution in [2.24, 2.45) is 10.9 Å². The highest BCUT2D eigenvalue weighted by Gasteiger charge is 2.19. The van der Waals surface area contributed by atoms with Crippen LogP contribution in [0.2, 0.25) is 0 Å². The van der Waals surface area contributed by atoms with Gasteiger partial charge < -0.3 is 19.5 Å². The minimum atomic E-state index is 0. The van der Waals surface area contributed by atoms with Crippen LogP contribution in [0.15, 0.2) is 48.0 Å². The average Bonchev–Trinajstić information content (AvgIpc) is 3.33. The van der Waals surface area contributed by atoms with E-state index in [4.69, 9.17) is 9.73 Å². The molecule has 1 unspecified atom stereocenters. The number of benzene rings is 1. The minimum absolute atomic E-state index is 0. The molecule has 1 N–H and O–H groups in total. The summed E-state index contributed by atoms with van der Waals surface area (Å²) in [6.07, 6.45) is 6.77. The van der Waals surface area contributed by atoms with E-state index in [1.54, 1.807) is 0 Å². The topological polar surface area (TPSA) is 54.7 Å². The first-order valence-corrected chi connectivity index (χ1v) is 9.35. The van der Waals surface area contributed by atoms with Gasteiger partial charge in [-0.25, -0.2) is 9.98 Å². The SMILES string of the molecule is CCNC(=NCc1cccc(Cn2ccnc2)c1)N(C)CC1CCOC1.I. The van der Waals surface area contributed by atoms with Crippen molar-refractivity contribution in [3.63, 3.8) is 0 Å². The van der Waals surface area contributed by atoms with E-state index in [1.165, 1.54) is 11.1 Å². The fourth-order valence-electron chi connectivity index (χ4n) is 3.25. The van der Waals surface area contributed by atoms with Crippen molar-refractivity contribution < 1.29 is 4.74 Å². The zero-order valence-electron chi connectivity index (χ0n) is 16.2. The Bertz CT molecular complexity index is 698. The van der Waals surface area contributed by atoms with Crippen molar-refractivity contribution in [2.45, 2.75) is 26.4 Å². The molecule has 1 atom stereocenters. The summed E-state index contributed by atoms with van der Waals surface area (Å²) in [5, 5.41) is 3.40. The summed E-state index contributed by atoms with van der Waals surface area (Å²) in [5.41, 5.74) is 2.48. The fraction of sp³-hybridized carbons (Fsp3) is 0.500. The first kappa shape index (κ1) is 21.7. The van der Waals surface area contributed by atoms with Gasteiger partial charge in [0.15, 0.2) is 5.96 Å². The van der Waals surface area contributed by atoms with Crippen LogP contribution in [0.5, 0.6) is 0 Å². The fourth-order valence-corrected chi connectivity index (χ4v) is 3.25. The van der Waals surface area contributed by atoms with E-state index in [2.05, 4.69) is 58.0 Å². The van der Waals surface area contributed by atoms with E-state index >= 15 is 0 Å². The third kappa shape index (κ3) is 6.80. The van der Waals surface area contributed by atoms with Crippen molar-refractivity contribution in [1.82, 2.24) is 19.8 Å². The molecule has 0 amide bonds. The Morgan fingerprint density at radius 2 is 2.26 bits per heavy atom. The molecule has 27 heavy (non-hydrogen) atoms. The number of halogens is 1. The van der Waals surface area contributed by atoms with Gasteiger partial charge in [-0.05, 0) is 24.5 Å². The van der Waals surface area contributed by atoms with Gasteiger partial charge in [-0.3, -0.25) is 0 Å². The number of aliphatic imine (C=N–C) groups is 1. The summed E-state index contributed by atoms with van der Waals surface area (Å²) in [6, 6.07) is 8.60. The zero-order valence-corrected chi connectivity index (χ0v) is 18.5. The molecule has 2 heterocycles. The highest BCUT2D eigenvalue weighted by Crippen LogP contribution is 2.14. The van der Waals surface area contributed by atoms with Gasteiger partial charge in [0.05, 0.1) is 19.5 Å². The molecular formula is C20H30IN5O. The van der Waals surface area contributed by atoms with Crippen molar-refractivity contribution in [1.29, 1.82) is 0 Å². The van der Waals surface area contributed by atoms with Crippen LogP contribution in [0.25, 0.3) is 0 Å². The molecule has 0 bridgehead atoms. The molecule has 148 valence electrons. The average molecular weight is 483 g/mol. The molecule has 7 heteroatoms. The molecule has 1 aliphatic heterocycles. The van der Waals surface area contributed by atoms with Crippen LogP contribution in [0.1, 0.15) is 24.5 Å². The lowest BCUT2D eigenvalue weighted by Gasteiger charge is -2.24. The molecular weight excluding hydrogens is 453 g/mol. The summed E-state index contributed by atoms with van der Waals surface area (Å²) < 4.78 is 7.56. The third-order valence-electron chi connectivity index (χ3n) is 4.58. The lowest BCUT2D eigenvalue weighted by molar-refractivity contribution is 0.181. The summed E-state index contributed by atoms with van der Waals surface area (Å²) in [4.78, 5) is 11.2. The highest BCUT2D eigenvalue weighted by molar-refractivity contribution is 14.0. The Hall–Kier alpha value is -1.61. The van der Waals surface area contributed by atoms with E-state index < -0.39 is 0 Å². The van der Waals surface area contributed by atoms with E-state index in [0.29, 0.717) is 12.5 Å². The second kappa shape index (κ2) is 11.3. The maximum Gasteiger partial charge on any atom is 0.193 e. The Morgan fingerprint density at radius 3 is 2.96 bits per heavy atom. The van der Waals surface area contributed by atoms with Crippen LogP contribution in [-0.2, 0) is 17.8 Å². The van der Waals surface area contributed by atoms with E-state index in [1.807, 2.05) is 18.7 Å². The van der Waals surface area contributed by atoms with Crippen LogP contribution in [-0.4, -0.2) is 53.8 Å². The van der Waals surface area contributed by atoms with Crippen LogP contribution in [0, 0.1) is 5.92 Å². The largest absolute Gasteiger partial charge is 0.381 e. The standard InChI is InChI=1S/C20H29N5O.HI/c1-3-22-20(24(2)13-19-7-10-26-15-19)23-12-17-5-4-6-18(11-17)14-25-9-8-21-16-25;/h4-6,8-9,11,16,19H,3,7,10,12-15H2,1-2H3,(H,22,23);1H. The van der Waals surface area contributed by atoms with Gasteiger partial charge in [-0.15, -0.1) is 24.0 Å². The number of rotatable bonds is 7. The maximum absolute atomic E-state index is 5.49. The lowest BCUT2D eigenvalue weighted by atomic mass is 10.1. The monoisotopic (exact) mass is 483 g/mol. The second-order valence-electron chi connectivity index (χ2n) is 6.84. The van der Waals surface area contributed by atoms with Crippen molar-refractivity contribution in [3.8, 4) is 0 Å². The molecule has 6 nitrogen and oxygen atoms in total. The number of hydrogen-bond acceptors (Lipinski definition) is 3. The first-order chi connectivity index (χ1) is 12.7. The number of hydrogen-bond donors (Lipinski definition) is 1. The predicted molar refractivity (Wildman–Crippen MR) is 120 cm³/mol. The van der Waals surface area contributed by atoms with Crippen LogP contribution in [0.4, 0.5) is 0 Å². The highest BCUT2D eigenvalue weighted by atomic mass is 127. The van der Waals surface area contributed by atoms with Gasteiger partial charge in [-0.1, -0.05) is 24.3 Å². The number of guanidine groups is 1. The Labute approximate surface area is 179 Å². The Balaban J connectivity index is 0.00000261. The van der Waals surface area contributed by atoms with E-state index in [9.17, 15) is 0 Å². The maximum atomic E-state index is 5.49. The van der Waals surface area contributed by atoms with Gasteiger partial charge in [0, 0.05) is 51.6 Å². The minimum Gasteiger partial charge on any atom is -0.381 e. The van der Waals surface area contributed by atoms with E-state index in [0.717, 1.165) is 45.2 Å². The van der Waals surface area contributed by atoms with Gasteiger partial charge in [0.25, 0.3) is 0 Å². The molecule has 1 aromatic carbocycles. The molecule has 1 saturated heterocycles. The lowest BCUT2D eigenvalue weighted by Crippen LogP contribution is -2.41. The summed E-state index contributed by atoms with van der Waals surface area (Å²) >= 11 is 0.